The van der Waals surface area contributed by atoms with Crippen molar-refractivity contribution in [3.8, 4) is 0 Å². The van der Waals surface area contributed by atoms with Gasteiger partial charge in [-0.3, -0.25) is 0 Å². The summed E-state index contributed by atoms with van der Waals surface area (Å²) in [6.45, 7) is 12.3. The second kappa shape index (κ2) is 7.34. The van der Waals surface area contributed by atoms with Gasteiger partial charge in [0.2, 0.25) is 0 Å². The van der Waals surface area contributed by atoms with Crippen molar-refractivity contribution in [1.82, 2.24) is 4.90 Å². The fraction of sp³-hybridized carbons (Fsp3) is 1.00. The minimum atomic E-state index is 0.332. The molecule has 0 radical (unpaired) electrons. The number of nitrogens with zero attached hydrogens (tertiary/aromatic N) is 1. The van der Waals surface area contributed by atoms with Gasteiger partial charge in [0.05, 0.1) is 0 Å². The Bertz CT molecular complexity index is 107. The summed E-state index contributed by atoms with van der Waals surface area (Å²) in [6.07, 6.45) is 2.45. The van der Waals surface area contributed by atoms with Crippen LogP contribution in [-0.2, 0) is 0 Å². The first-order valence-corrected chi connectivity index (χ1v) is 5.59. The van der Waals surface area contributed by atoms with Crippen LogP contribution < -0.4 is 5.73 Å². The first-order valence-electron chi connectivity index (χ1n) is 5.59. The largest absolute Gasteiger partial charge is 0.326 e. The predicted molar refractivity (Wildman–Crippen MR) is 59.8 cm³/mol. The third-order valence-electron chi connectivity index (χ3n) is 2.40. The molecule has 0 amide bonds. The highest BCUT2D eigenvalue weighted by molar-refractivity contribution is 4.70. The van der Waals surface area contributed by atoms with Gasteiger partial charge in [-0.1, -0.05) is 27.7 Å². The lowest BCUT2D eigenvalue weighted by molar-refractivity contribution is 0.238. The molecule has 0 heterocycles. The van der Waals surface area contributed by atoms with Crippen molar-refractivity contribution in [2.24, 2.45) is 11.7 Å². The number of hydrogen-bond acceptors (Lipinski definition) is 2. The van der Waals surface area contributed by atoms with Crippen molar-refractivity contribution in [2.45, 2.75) is 46.6 Å². The van der Waals surface area contributed by atoms with E-state index >= 15 is 0 Å². The predicted octanol–water partition coefficient (Wildman–Crippen LogP) is 2.09. The molecule has 0 aliphatic rings. The Kier molecular flexibility index (Phi) is 7.29. The molecular formula is C11H26N2. The van der Waals surface area contributed by atoms with Crippen molar-refractivity contribution in [3.05, 3.63) is 0 Å². The number of rotatable bonds is 7. The van der Waals surface area contributed by atoms with E-state index in [1.54, 1.807) is 0 Å². The van der Waals surface area contributed by atoms with Gasteiger partial charge >= 0.3 is 0 Å². The molecule has 80 valence electrons. The summed E-state index contributed by atoms with van der Waals surface area (Å²) in [5.74, 6) is 0.594. The summed E-state index contributed by atoms with van der Waals surface area (Å²) in [5, 5.41) is 0. The maximum atomic E-state index is 6.04. The summed E-state index contributed by atoms with van der Waals surface area (Å²) in [5.41, 5.74) is 6.04. The molecule has 0 rings (SSSR count). The van der Waals surface area contributed by atoms with Crippen LogP contribution in [0.3, 0.4) is 0 Å². The quantitative estimate of drug-likeness (QED) is 0.659. The van der Waals surface area contributed by atoms with Crippen LogP contribution in [0.15, 0.2) is 0 Å². The van der Waals surface area contributed by atoms with E-state index in [0.717, 1.165) is 6.54 Å². The Morgan fingerprint density at radius 1 is 1.08 bits per heavy atom. The number of hydrogen-bond donors (Lipinski definition) is 1. The zero-order valence-corrected chi connectivity index (χ0v) is 9.71. The van der Waals surface area contributed by atoms with E-state index in [0.29, 0.717) is 12.0 Å². The van der Waals surface area contributed by atoms with E-state index in [-0.39, 0.29) is 0 Å². The van der Waals surface area contributed by atoms with Gasteiger partial charge in [-0.05, 0) is 31.8 Å². The summed E-state index contributed by atoms with van der Waals surface area (Å²) < 4.78 is 0. The van der Waals surface area contributed by atoms with Gasteiger partial charge in [0.15, 0.2) is 0 Å². The standard InChI is InChI=1S/C11H26N2/c1-5-7-13(8-6-2)9-11(12)10(3)4/h10-11H,5-9,12H2,1-4H3/t11-/m1/s1. The highest BCUT2D eigenvalue weighted by atomic mass is 15.1. The molecule has 2 heteroatoms. The minimum Gasteiger partial charge on any atom is -0.326 e. The molecular weight excluding hydrogens is 160 g/mol. The van der Waals surface area contributed by atoms with Crippen molar-refractivity contribution >= 4 is 0 Å². The molecule has 1 atom stereocenters. The van der Waals surface area contributed by atoms with Crippen LogP contribution in [0.5, 0.6) is 0 Å². The van der Waals surface area contributed by atoms with Crippen LogP contribution in [-0.4, -0.2) is 30.6 Å². The van der Waals surface area contributed by atoms with Crippen molar-refractivity contribution in [1.29, 1.82) is 0 Å². The Morgan fingerprint density at radius 2 is 1.54 bits per heavy atom. The Labute approximate surface area is 83.5 Å². The molecule has 0 aromatic heterocycles. The average Bonchev–Trinajstić information content (AvgIpc) is 2.05. The summed E-state index contributed by atoms with van der Waals surface area (Å²) in [4.78, 5) is 2.48. The molecule has 2 N–H and O–H groups in total. The molecule has 0 unspecified atom stereocenters. The van der Waals surface area contributed by atoms with Crippen molar-refractivity contribution in [2.75, 3.05) is 19.6 Å². The topological polar surface area (TPSA) is 29.3 Å². The molecule has 0 bridgehead atoms. The normalized spacial score (nSPS) is 14.1. The van der Waals surface area contributed by atoms with Crippen LogP contribution in [0.4, 0.5) is 0 Å². The van der Waals surface area contributed by atoms with E-state index in [2.05, 4.69) is 32.6 Å². The summed E-state index contributed by atoms with van der Waals surface area (Å²) in [7, 11) is 0. The van der Waals surface area contributed by atoms with Crippen LogP contribution in [0.25, 0.3) is 0 Å². The lowest BCUT2D eigenvalue weighted by Gasteiger charge is -2.26. The molecule has 0 aromatic carbocycles. The molecule has 2 nitrogen and oxygen atoms in total. The van der Waals surface area contributed by atoms with Crippen LogP contribution in [0, 0.1) is 5.92 Å². The first kappa shape index (κ1) is 12.9. The molecule has 0 aliphatic carbocycles. The smallest absolute Gasteiger partial charge is 0.0191 e. The van der Waals surface area contributed by atoms with Gasteiger partial charge in [-0.25, -0.2) is 0 Å². The van der Waals surface area contributed by atoms with Gasteiger partial charge in [0.1, 0.15) is 0 Å². The zero-order valence-electron chi connectivity index (χ0n) is 9.71. The van der Waals surface area contributed by atoms with Crippen LogP contribution >= 0.6 is 0 Å². The fourth-order valence-corrected chi connectivity index (χ4v) is 1.44. The van der Waals surface area contributed by atoms with Gasteiger partial charge in [0.25, 0.3) is 0 Å². The van der Waals surface area contributed by atoms with E-state index in [9.17, 15) is 0 Å². The SMILES string of the molecule is CCCN(CCC)C[C@@H](N)C(C)C. The zero-order chi connectivity index (χ0) is 10.3. The van der Waals surface area contributed by atoms with E-state index in [4.69, 9.17) is 5.73 Å². The van der Waals surface area contributed by atoms with Gasteiger partial charge in [0, 0.05) is 12.6 Å². The Hall–Kier alpha value is -0.0800. The lowest BCUT2D eigenvalue weighted by Crippen LogP contribution is -2.41. The molecule has 0 spiro atoms. The van der Waals surface area contributed by atoms with Crippen molar-refractivity contribution in [3.63, 3.8) is 0 Å². The second-order valence-electron chi connectivity index (χ2n) is 4.21. The molecule has 13 heavy (non-hydrogen) atoms. The van der Waals surface area contributed by atoms with Crippen molar-refractivity contribution < 1.29 is 0 Å². The fourth-order valence-electron chi connectivity index (χ4n) is 1.44. The maximum absolute atomic E-state index is 6.04. The molecule has 0 aromatic rings. The van der Waals surface area contributed by atoms with Crippen LogP contribution in [0.2, 0.25) is 0 Å². The molecule has 0 saturated heterocycles. The van der Waals surface area contributed by atoms with Gasteiger partial charge in [-0.2, -0.15) is 0 Å². The molecule has 0 fully saturated rings. The Balaban J connectivity index is 3.78. The second-order valence-corrected chi connectivity index (χ2v) is 4.21. The minimum absolute atomic E-state index is 0.332. The lowest BCUT2D eigenvalue weighted by atomic mass is 10.1. The molecule has 0 saturated carbocycles. The summed E-state index contributed by atoms with van der Waals surface area (Å²) in [6, 6.07) is 0.332. The maximum Gasteiger partial charge on any atom is 0.0191 e. The first-order chi connectivity index (χ1) is 6.11. The average molecular weight is 186 g/mol. The van der Waals surface area contributed by atoms with E-state index in [1.807, 2.05) is 0 Å². The highest BCUT2D eigenvalue weighted by Gasteiger charge is 2.11. The molecule has 0 aliphatic heterocycles. The summed E-state index contributed by atoms with van der Waals surface area (Å²) >= 11 is 0. The van der Waals surface area contributed by atoms with E-state index < -0.39 is 0 Å². The van der Waals surface area contributed by atoms with Gasteiger partial charge < -0.3 is 10.6 Å². The number of nitrogens with two attached hydrogens (primary N) is 1. The van der Waals surface area contributed by atoms with Gasteiger partial charge in [-0.15, -0.1) is 0 Å². The Morgan fingerprint density at radius 3 is 1.85 bits per heavy atom. The van der Waals surface area contributed by atoms with Crippen LogP contribution in [0.1, 0.15) is 40.5 Å². The third kappa shape index (κ3) is 6.05. The van der Waals surface area contributed by atoms with E-state index in [1.165, 1.54) is 25.9 Å². The third-order valence-corrected chi connectivity index (χ3v) is 2.40. The monoisotopic (exact) mass is 186 g/mol. The highest BCUT2D eigenvalue weighted by Crippen LogP contribution is 2.02.